The number of unbranched alkanes of at least 4 members (excludes halogenated alkanes) is 2. The predicted octanol–water partition coefficient (Wildman–Crippen LogP) is 3.02. The molecule has 0 aromatic heterocycles. The van der Waals surface area contributed by atoms with Gasteiger partial charge in [0, 0.05) is 32.9 Å². The molecule has 4 rings (SSSR count). The van der Waals surface area contributed by atoms with E-state index in [1.165, 1.54) is 0 Å². The van der Waals surface area contributed by atoms with Gasteiger partial charge in [0.15, 0.2) is 0 Å². The Bertz CT molecular complexity index is 439. The number of nitrogens with zero attached hydrogens (tertiary/aromatic N) is 1. The third kappa shape index (κ3) is 4.20. The van der Waals surface area contributed by atoms with Crippen molar-refractivity contribution in [3.05, 3.63) is 0 Å². The zero-order valence-electron chi connectivity index (χ0n) is 16.2. The fraction of sp³-hybridized carbons (Fsp3) is 0.950. The van der Waals surface area contributed by atoms with Crippen LogP contribution in [0.15, 0.2) is 0 Å². The molecule has 0 atom stereocenters. The van der Waals surface area contributed by atoms with Crippen LogP contribution in [0.3, 0.4) is 0 Å². The van der Waals surface area contributed by atoms with E-state index in [-0.39, 0.29) is 11.5 Å². The fourth-order valence-corrected chi connectivity index (χ4v) is 4.75. The molecule has 0 aromatic rings. The monoisotopic (exact) mass is 353 g/mol. The summed E-state index contributed by atoms with van der Waals surface area (Å²) in [5.41, 5.74) is 0.287. The van der Waals surface area contributed by atoms with Gasteiger partial charge in [-0.2, -0.15) is 0 Å². The number of ether oxygens (including phenoxy) is 3. The van der Waals surface area contributed by atoms with E-state index < -0.39 is 0 Å². The minimum absolute atomic E-state index is 0.0330. The molecule has 5 heteroatoms. The number of carbonyl (C=O) groups excluding carboxylic acids is 1. The second kappa shape index (κ2) is 7.93. The lowest BCUT2D eigenvalue weighted by molar-refractivity contribution is -0.239. The lowest BCUT2D eigenvalue weighted by Crippen LogP contribution is -2.72. The molecule has 4 aliphatic rings. The Hall–Kier alpha value is -0.650. The smallest absolute Gasteiger partial charge is 0.229 e. The first-order chi connectivity index (χ1) is 12.0. The first-order valence-corrected chi connectivity index (χ1v) is 10.1. The summed E-state index contributed by atoms with van der Waals surface area (Å²) >= 11 is 0. The van der Waals surface area contributed by atoms with Gasteiger partial charge in [0.2, 0.25) is 5.91 Å². The molecule has 0 aromatic carbocycles. The number of hydrogen-bond donors (Lipinski definition) is 0. The van der Waals surface area contributed by atoms with Crippen LogP contribution in [0.5, 0.6) is 0 Å². The van der Waals surface area contributed by atoms with Crippen molar-refractivity contribution in [3.8, 4) is 0 Å². The maximum Gasteiger partial charge on any atom is 0.229 e. The van der Waals surface area contributed by atoms with Gasteiger partial charge in [-0.25, -0.2) is 0 Å². The average Bonchev–Trinajstić information content (AvgIpc) is 2.44. The lowest BCUT2D eigenvalue weighted by Gasteiger charge is -2.70. The van der Waals surface area contributed by atoms with E-state index in [4.69, 9.17) is 14.2 Å². The highest BCUT2D eigenvalue weighted by atomic mass is 16.5. The zero-order valence-corrected chi connectivity index (χ0v) is 16.2. The minimum Gasteiger partial charge on any atom is -0.381 e. The van der Waals surface area contributed by atoms with Crippen molar-refractivity contribution in [1.82, 2.24) is 4.90 Å². The predicted molar refractivity (Wildman–Crippen MR) is 96.5 cm³/mol. The highest BCUT2D eigenvalue weighted by Crippen LogP contribution is 2.74. The van der Waals surface area contributed by atoms with Crippen LogP contribution in [0.4, 0.5) is 0 Å². The van der Waals surface area contributed by atoms with Crippen LogP contribution >= 0.6 is 0 Å². The third-order valence-corrected chi connectivity index (χ3v) is 5.92. The van der Waals surface area contributed by atoms with Crippen molar-refractivity contribution in [2.75, 3.05) is 39.5 Å². The van der Waals surface area contributed by atoms with Gasteiger partial charge < -0.3 is 19.1 Å². The maximum absolute atomic E-state index is 12.6. The Morgan fingerprint density at radius 3 is 2.44 bits per heavy atom. The molecule has 0 spiro atoms. The average molecular weight is 354 g/mol. The van der Waals surface area contributed by atoms with Crippen molar-refractivity contribution in [1.29, 1.82) is 0 Å². The summed E-state index contributed by atoms with van der Waals surface area (Å²) in [6.07, 6.45) is 7.10. The number of likely N-dealkylation sites (tertiary alicyclic amines) is 1. The second-order valence-corrected chi connectivity index (χ2v) is 8.63. The SMILES string of the molecule is CCOC1CN(C(=O)C23CC(COCCCCCOC(C)C)(C2)C3)C1. The van der Waals surface area contributed by atoms with Crippen LogP contribution in [0.2, 0.25) is 0 Å². The molecule has 25 heavy (non-hydrogen) atoms. The van der Waals surface area contributed by atoms with Gasteiger partial charge in [-0.05, 0) is 64.7 Å². The van der Waals surface area contributed by atoms with E-state index in [2.05, 4.69) is 13.8 Å². The number of rotatable bonds is 12. The summed E-state index contributed by atoms with van der Waals surface area (Å²) in [6.45, 7) is 11.0. The molecular formula is C20H35NO4. The van der Waals surface area contributed by atoms with E-state index in [0.29, 0.717) is 17.4 Å². The molecule has 1 heterocycles. The Balaban J connectivity index is 1.21. The van der Waals surface area contributed by atoms with Gasteiger partial charge in [0.1, 0.15) is 0 Å². The normalized spacial score (nSPS) is 30.8. The fourth-order valence-electron chi connectivity index (χ4n) is 4.75. The van der Waals surface area contributed by atoms with Crippen molar-refractivity contribution in [2.45, 2.75) is 71.5 Å². The van der Waals surface area contributed by atoms with Crippen LogP contribution in [0, 0.1) is 10.8 Å². The van der Waals surface area contributed by atoms with Crippen LogP contribution in [-0.4, -0.2) is 62.5 Å². The van der Waals surface area contributed by atoms with Crippen molar-refractivity contribution in [3.63, 3.8) is 0 Å². The standard InChI is InChI=1S/C20H35NO4/c1-4-24-17-10-21(11-17)18(22)20-12-19(13-20,14-20)15-23-8-6-5-7-9-25-16(2)3/h16-17H,4-15H2,1-3H3. The Kier molecular flexibility index (Phi) is 6.07. The summed E-state index contributed by atoms with van der Waals surface area (Å²) < 4.78 is 17.0. The van der Waals surface area contributed by atoms with Gasteiger partial charge in [0.05, 0.1) is 24.2 Å². The van der Waals surface area contributed by atoms with Gasteiger partial charge in [-0.1, -0.05) is 0 Å². The van der Waals surface area contributed by atoms with Gasteiger partial charge in [-0.15, -0.1) is 0 Å². The molecular weight excluding hydrogens is 318 g/mol. The quantitative estimate of drug-likeness (QED) is 0.506. The van der Waals surface area contributed by atoms with Crippen molar-refractivity contribution >= 4 is 5.91 Å². The van der Waals surface area contributed by atoms with E-state index in [9.17, 15) is 4.79 Å². The Labute approximate surface area is 152 Å². The summed E-state index contributed by atoms with van der Waals surface area (Å²) in [5.74, 6) is 0.371. The molecule has 1 saturated heterocycles. The van der Waals surface area contributed by atoms with E-state index in [1.54, 1.807) is 0 Å². The van der Waals surface area contributed by atoms with Crippen LogP contribution in [-0.2, 0) is 19.0 Å². The zero-order chi connectivity index (χ0) is 17.9. The molecule has 3 saturated carbocycles. The lowest BCUT2D eigenvalue weighted by atomic mass is 9.35. The summed E-state index contributed by atoms with van der Waals surface area (Å²) in [5, 5.41) is 0. The highest BCUT2D eigenvalue weighted by Gasteiger charge is 2.72. The maximum atomic E-state index is 12.6. The van der Waals surface area contributed by atoms with Gasteiger partial charge in [0.25, 0.3) is 0 Å². The highest BCUT2D eigenvalue weighted by molar-refractivity contribution is 5.87. The van der Waals surface area contributed by atoms with Crippen LogP contribution in [0.1, 0.15) is 59.3 Å². The third-order valence-electron chi connectivity index (χ3n) is 5.92. The molecule has 144 valence electrons. The van der Waals surface area contributed by atoms with Crippen molar-refractivity contribution in [2.24, 2.45) is 10.8 Å². The molecule has 1 aliphatic heterocycles. The molecule has 2 bridgehead atoms. The molecule has 0 N–H and O–H groups in total. The van der Waals surface area contributed by atoms with Crippen LogP contribution in [0.25, 0.3) is 0 Å². The second-order valence-electron chi connectivity index (χ2n) is 8.63. The topological polar surface area (TPSA) is 48.0 Å². The number of carbonyl (C=O) groups is 1. The van der Waals surface area contributed by atoms with Crippen molar-refractivity contribution < 1.29 is 19.0 Å². The summed E-state index contributed by atoms with van der Waals surface area (Å²) in [6, 6.07) is 0. The Morgan fingerprint density at radius 2 is 1.80 bits per heavy atom. The summed E-state index contributed by atoms with van der Waals surface area (Å²) in [4.78, 5) is 14.6. The molecule has 4 fully saturated rings. The largest absolute Gasteiger partial charge is 0.381 e. The molecule has 0 radical (unpaired) electrons. The number of hydrogen-bond acceptors (Lipinski definition) is 4. The van der Waals surface area contributed by atoms with Gasteiger partial charge in [-0.3, -0.25) is 4.79 Å². The molecule has 0 unspecified atom stereocenters. The molecule has 1 amide bonds. The van der Waals surface area contributed by atoms with E-state index in [0.717, 1.165) is 78.0 Å². The molecule has 3 aliphatic carbocycles. The molecule has 5 nitrogen and oxygen atoms in total. The van der Waals surface area contributed by atoms with Crippen LogP contribution < -0.4 is 0 Å². The first-order valence-electron chi connectivity index (χ1n) is 10.1. The minimum atomic E-state index is -0.0330. The van der Waals surface area contributed by atoms with Gasteiger partial charge >= 0.3 is 0 Å². The summed E-state index contributed by atoms with van der Waals surface area (Å²) in [7, 11) is 0. The Morgan fingerprint density at radius 1 is 1.12 bits per heavy atom. The van der Waals surface area contributed by atoms with E-state index in [1.807, 2.05) is 11.8 Å². The first kappa shape index (κ1) is 19.1. The van der Waals surface area contributed by atoms with E-state index >= 15 is 0 Å². The number of amides is 1.